The maximum atomic E-state index is 12.9. The lowest BCUT2D eigenvalue weighted by atomic mass is 9.97. The highest BCUT2D eigenvalue weighted by atomic mass is 35.5. The van der Waals surface area contributed by atoms with E-state index < -0.39 is 0 Å². The number of fused-ring (bicyclic) bond motifs is 1. The van der Waals surface area contributed by atoms with Crippen molar-refractivity contribution in [2.24, 2.45) is 5.92 Å². The molecule has 1 saturated heterocycles. The van der Waals surface area contributed by atoms with Crippen LogP contribution in [0, 0.1) is 5.92 Å². The molecule has 3 aromatic heterocycles. The summed E-state index contributed by atoms with van der Waals surface area (Å²) in [6, 6.07) is 9.60. The first kappa shape index (κ1) is 22.4. The van der Waals surface area contributed by atoms with Gasteiger partial charge in [-0.1, -0.05) is 30.7 Å². The number of carbonyl (C=O) groups is 1. The molecular weight excluding hydrogens is 454 g/mol. The van der Waals surface area contributed by atoms with Gasteiger partial charge in [0.15, 0.2) is 5.82 Å². The summed E-state index contributed by atoms with van der Waals surface area (Å²) in [4.78, 5) is 19.5. The highest BCUT2D eigenvalue weighted by Gasteiger charge is 2.35. The number of hydrogen-bond acceptors (Lipinski definition) is 6. The molecule has 0 aliphatic carbocycles. The van der Waals surface area contributed by atoms with Crippen LogP contribution in [0.3, 0.4) is 0 Å². The van der Waals surface area contributed by atoms with Gasteiger partial charge in [0.25, 0.3) is 0 Å². The normalized spacial score (nSPS) is 14.9. The van der Waals surface area contributed by atoms with E-state index in [4.69, 9.17) is 16.7 Å². The molecule has 4 aromatic rings. The first-order valence-corrected chi connectivity index (χ1v) is 11.7. The summed E-state index contributed by atoms with van der Waals surface area (Å²) < 4.78 is 3.50. The molecule has 0 bridgehead atoms. The number of nitrogens with zero attached hydrogens (tertiary/aromatic N) is 6. The highest BCUT2D eigenvalue weighted by Crippen LogP contribution is 2.31. The maximum absolute atomic E-state index is 12.9. The highest BCUT2D eigenvalue weighted by molar-refractivity contribution is 6.30. The molecule has 0 spiro atoms. The number of aliphatic hydroxyl groups is 1. The summed E-state index contributed by atoms with van der Waals surface area (Å²) >= 11 is 5.99. The van der Waals surface area contributed by atoms with Crippen LogP contribution < -0.4 is 10.2 Å². The van der Waals surface area contributed by atoms with E-state index in [9.17, 15) is 4.79 Å². The van der Waals surface area contributed by atoms with Gasteiger partial charge in [-0.3, -0.25) is 9.48 Å². The Morgan fingerprint density at radius 2 is 2.00 bits per heavy atom. The van der Waals surface area contributed by atoms with Crippen LogP contribution >= 0.6 is 11.6 Å². The zero-order valence-electron chi connectivity index (χ0n) is 18.8. The molecule has 4 heterocycles. The molecule has 9 nitrogen and oxygen atoms in total. The van der Waals surface area contributed by atoms with Gasteiger partial charge in [0.2, 0.25) is 5.91 Å². The third-order valence-corrected chi connectivity index (χ3v) is 6.48. The van der Waals surface area contributed by atoms with Gasteiger partial charge < -0.3 is 15.3 Å². The molecule has 1 amide bonds. The fraction of sp³-hybridized carbons (Fsp3) is 0.333. The van der Waals surface area contributed by atoms with Gasteiger partial charge >= 0.3 is 0 Å². The summed E-state index contributed by atoms with van der Waals surface area (Å²) in [6.45, 7) is 3.75. The van der Waals surface area contributed by atoms with Gasteiger partial charge in [0.1, 0.15) is 11.8 Å². The maximum Gasteiger partial charge on any atom is 0.227 e. The summed E-state index contributed by atoms with van der Waals surface area (Å²) in [5, 5.41) is 21.6. The van der Waals surface area contributed by atoms with Crippen LogP contribution in [0.25, 0.3) is 16.6 Å². The fourth-order valence-corrected chi connectivity index (χ4v) is 4.40. The van der Waals surface area contributed by atoms with Crippen molar-refractivity contribution in [2.75, 3.05) is 24.6 Å². The van der Waals surface area contributed by atoms with E-state index in [1.54, 1.807) is 15.4 Å². The number of rotatable bonds is 8. The molecule has 1 unspecified atom stereocenters. The minimum absolute atomic E-state index is 0.0375. The van der Waals surface area contributed by atoms with Gasteiger partial charge in [-0.05, 0) is 30.2 Å². The van der Waals surface area contributed by atoms with E-state index in [2.05, 4.69) is 32.3 Å². The number of carbonyl (C=O) groups excluding carboxylic acids is 1. The predicted molar refractivity (Wildman–Crippen MR) is 130 cm³/mol. The van der Waals surface area contributed by atoms with E-state index in [-0.39, 0.29) is 24.5 Å². The Balaban J connectivity index is 1.27. The zero-order valence-corrected chi connectivity index (χ0v) is 19.6. The Morgan fingerprint density at radius 1 is 1.21 bits per heavy atom. The molecule has 5 rings (SSSR count). The lowest BCUT2D eigenvalue weighted by Crippen LogP contribution is -2.54. The number of aliphatic hydroxyl groups excluding tert-OH is 1. The average Bonchev–Trinajstić information content (AvgIpc) is 3.45. The lowest BCUT2D eigenvalue weighted by molar-refractivity contribution is -0.126. The summed E-state index contributed by atoms with van der Waals surface area (Å²) in [6.07, 6.45) is 7.93. The standard InChI is InChI=1S/C24H26ClN7O2/c1-2-21(16-3-5-20(25)6-4-16)29-24(34)19-11-30(12-19)23-22-9-17(14-32(22)28-15-26-23)18-10-27-31(13-18)7-8-33/h3-6,9-10,13-15,19,21,33H,2,7-8,11-12H2,1H3,(H,29,34). The minimum atomic E-state index is -0.0949. The van der Waals surface area contributed by atoms with E-state index in [1.807, 2.05) is 42.7 Å². The molecule has 1 aromatic carbocycles. The fourth-order valence-electron chi connectivity index (χ4n) is 4.28. The Bertz CT molecular complexity index is 1290. The number of amides is 1. The SMILES string of the molecule is CCC(NC(=O)C1CN(c2ncnn3cc(-c4cnn(CCO)c4)cc23)C1)c1ccc(Cl)cc1. The molecule has 10 heteroatoms. The van der Waals surface area contributed by atoms with E-state index in [1.165, 1.54) is 6.33 Å². The first-order valence-electron chi connectivity index (χ1n) is 11.3. The van der Waals surface area contributed by atoms with E-state index in [0.29, 0.717) is 24.7 Å². The molecule has 176 valence electrons. The first-order chi connectivity index (χ1) is 16.6. The van der Waals surface area contributed by atoms with Gasteiger partial charge in [0, 0.05) is 41.6 Å². The number of benzene rings is 1. The van der Waals surface area contributed by atoms with Crippen LogP contribution in [-0.2, 0) is 11.3 Å². The second-order valence-corrected chi connectivity index (χ2v) is 8.92. The van der Waals surface area contributed by atoms with Gasteiger partial charge in [-0.15, -0.1) is 0 Å². The molecule has 2 N–H and O–H groups in total. The third-order valence-electron chi connectivity index (χ3n) is 6.23. The molecular formula is C24H26ClN7O2. The van der Waals surface area contributed by atoms with E-state index >= 15 is 0 Å². The largest absolute Gasteiger partial charge is 0.394 e. The van der Waals surface area contributed by atoms with Crippen molar-refractivity contribution >= 4 is 28.8 Å². The van der Waals surface area contributed by atoms with Crippen molar-refractivity contribution in [2.45, 2.75) is 25.9 Å². The number of aromatic nitrogens is 5. The second kappa shape index (κ2) is 9.44. The van der Waals surface area contributed by atoms with Crippen LogP contribution in [0.2, 0.25) is 5.02 Å². The number of nitrogens with one attached hydrogen (secondary N) is 1. The number of anilines is 1. The van der Waals surface area contributed by atoms with Crippen LogP contribution in [-0.4, -0.2) is 55.1 Å². The Hall–Kier alpha value is -3.43. The van der Waals surface area contributed by atoms with Crippen LogP contribution in [0.4, 0.5) is 5.82 Å². The predicted octanol–water partition coefficient (Wildman–Crippen LogP) is 2.94. The lowest BCUT2D eigenvalue weighted by Gasteiger charge is -2.39. The molecule has 0 radical (unpaired) electrons. The van der Waals surface area contributed by atoms with Crippen LogP contribution in [0.15, 0.2) is 55.2 Å². The average molecular weight is 480 g/mol. The van der Waals surface area contributed by atoms with Crippen LogP contribution in [0.1, 0.15) is 24.9 Å². The molecule has 34 heavy (non-hydrogen) atoms. The quantitative estimate of drug-likeness (QED) is 0.403. The van der Waals surface area contributed by atoms with Gasteiger partial charge in [-0.2, -0.15) is 10.2 Å². The molecule has 1 fully saturated rings. The van der Waals surface area contributed by atoms with Gasteiger partial charge in [-0.25, -0.2) is 9.50 Å². The van der Waals surface area contributed by atoms with Crippen molar-refractivity contribution in [1.29, 1.82) is 0 Å². The summed E-state index contributed by atoms with van der Waals surface area (Å²) in [5.41, 5.74) is 3.84. The van der Waals surface area contributed by atoms with Crippen molar-refractivity contribution in [3.63, 3.8) is 0 Å². The van der Waals surface area contributed by atoms with Crippen LogP contribution in [0.5, 0.6) is 0 Å². The van der Waals surface area contributed by atoms with E-state index in [0.717, 1.165) is 34.4 Å². The zero-order chi connectivity index (χ0) is 23.7. The Labute approximate surface area is 202 Å². The summed E-state index contributed by atoms with van der Waals surface area (Å²) in [5.74, 6) is 0.760. The van der Waals surface area contributed by atoms with Crippen molar-refractivity contribution in [3.8, 4) is 11.1 Å². The molecule has 1 atom stereocenters. The van der Waals surface area contributed by atoms with Gasteiger partial charge in [0.05, 0.1) is 31.3 Å². The second-order valence-electron chi connectivity index (χ2n) is 8.48. The topological polar surface area (TPSA) is 101 Å². The van der Waals surface area contributed by atoms with Crippen molar-refractivity contribution < 1.29 is 9.90 Å². The molecule has 1 aliphatic rings. The third kappa shape index (κ3) is 4.36. The molecule has 0 saturated carbocycles. The number of halogens is 1. The summed E-state index contributed by atoms with van der Waals surface area (Å²) in [7, 11) is 0. The van der Waals surface area contributed by atoms with Crippen molar-refractivity contribution in [3.05, 3.63) is 65.8 Å². The monoisotopic (exact) mass is 479 g/mol. The number of hydrogen-bond donors (Lipinski definition) is 2. The molecule has 1 aliphatic heterocycles. The van der Waals surface area contributed by atoms with Crippen molar-refractivity contribution in [1.82, 2.24) is 29.7 Å². The minimum Gasteiger partial charge on any atom is -0.394 e. The Kier molecular flexibility index (Phi) is 6.21. The smallest absolute Gasteiger partial charge is 0.227 e. The Morgan fingerprint density at radius 3 is 2.74 bits per heavy atom.